The van der Waals surface area contributed by atoms with Crippen molar-refractivity contribution in [3.63, 3.8) is 0 Å². The van der Waals surface area contributed by atoms with E-state index in [0.717, 1.165) is 36.3 Å². The van der Waals surface area contributed by atoms with Gasteiger partial charge in [-0.15, -0.1) is 0 Å². The Hall–Kier alpha value is -2.62. The number of nitrogens with zero attached hydrogens (tertiary/aromatic N) is 1. The highest BCUT2D eigenvalue weighted by Gasteiger charge is 2.21. The van der Waals surface area contributed by atoms with Crippen LogP contribution in [0.15, 0.2) is 42.5 Å². The van der Waals surface area contributed by atoms with Gasteiger partial charge in [0.05, 0.1) is 0 Å². The summed E-state index contributed by atoms with van der Waals surface area (Å²) in [6.07, 6.45) is 2.62. The van der Waals surface area contributed by atoms with E-state index in [1.165, 1.54) is 5.56 Å². The van der Waals surface area contributed by atoms with Gasteiger partial charge in [-0.3, -0.25) is 9.59 Å². The fourth-order valence-electron chi connectivity index (χ4n) is 3.42. The summed E-state index contributed by atoms with van der Waals surface area (Å²) >= 11 is 0. The van der Waals surface area contributed by atoms with Crippen molar-refractivity contribution in [2.45, 2.75) is 52.4 Å². The molecule has 142 valence electrons. The first-order chi connectivity index (χ1) is 12.8. The lowest BCUT2D eigenvalue weighted by molar-refractivity contribution is -0.119. The normalized spacial score (nSPS) is 15.0. The first kappa shape index (κ1) is 19.2. The summed E-state index contributed by atoms with van der Waals surface area (Å²) < 4.78 is 0. The van der Waals surface area contributed by atoms with Crippen molar-refractivity contribution in [1.82, 2.24) is 0 Å². The Morgan fingerprint density at radius 2 is 1.74 bits per heavy atom. The molecule has 1 aliphatic rings. The SMILES string of the molecule is Cc1cc(NC(=O)c2ccc(C(C)(C)C)cc2)ccc1N1CCCCC1=O. The van der Waals surface area contributed by atoms with E-state index in [4.69, 9.17) is 0 Å². The lowest BCUT2D eigenvalue weighted by Crippen LogP contribution is -2.35. The number of carbonyl (C=O) groups is 2. The number of hydrogen-bond acceptors (Lipinski definition) is 2. The summed E-state index contributed by atoms with van der Waals surface area (Å²) in [6, 6.07) is 13.5. The standard InChI is InChI=1S/C23H28N2O2/c1-16-15-19(12-13-20(16)25-14-6-5-7-21(25)26)24-22(27)17-8-10-18(11-9-17)23(2,3)4/h8-13,15H,5-7,14H2,1-4H3,(H,24,27). The molecule has 0 aliphatic carbocycles. The quantitative estimate of drug-likeness (QED) is 0.827. The molecule has 0 aromatic heterocycles. The molecule has 0 unspecified atom stereocenters. The molecule has 1 heterocycles. The second-order valence-electron chi connectivity index (χ2n) is 8.29. The molecule has 1 aliphatic heterocycles. The predicted molar refractivity (Wildman–Crippen MR) is 110 cm³/mol. The van der Waals surface area contributed by atoms with Gasteiger partial charge in [0.25, 0.3) is 5.91 Å². The van der Waals surface area contributed by atoms with E-state index in [2.05, 4.69) is 26.1 Å². The molecule has 0 atom stereocenters. The lowest BCUT2D eigenvalue weighted by atomic mass is 9.87. The van der Waals surface area contributed by atoms with Gasteiger partial charge in [-0.25, -0.2) is 0 Å². The van der Waals surface area contributed by atoms with Crippen molar-refractivity contribution in [3.8, 4) is 0 Å². The monoisotopic (exact) mass is 364 g/mol. The number of amides is 2. The maximum atomic E-state index is 12.5. The Balaban J connectivity index is 1.73. The van der Waals surface area contributed by atoms with Gasteiger partial charge in [0.15, 0.2) is 0 Å². The van der Waals surface area contributed by atoms with Gasteiger partial charge in [0.2, 0.25) is 5.91 Å². The molecule has 2 amide bonds. The van der Waals surface area contributed by atoms with E-state index < -0.39 is 0 Å². The van der Waals surface area contributed by atoms with Crippen molar-refractivity contribution in [3.05, 3.63) is 59.2 Å². The van der Waals surface area contributed by atoms with Crippen LogP contribution in [-0.2, 0) is 10.2 Å². The summed E-state index contributed by atoms with van der Waals surface area (Å²) in [5, 5.41) is 2.96. The zero-order valence-electron chi connectivity index (χ0n) is 16.6. The maximum absolute atomic E-state index is 12.5. The summed E-state index contributed by atoms with van der Waals surface area (Å²) in [7, 11) is 0. The van der Waals surface area contributed by atoms with Gasteiger partial charge in [0.1, 0.15) is 0 Å². The smallest absolute Gasteiger partial charge is 0.255 e. The Kier molecular flexibility index (Phi) is 5.36. The van der Waals surface area contributed by atoms with E-state index in [-0.39, 0.29) is 17.2 Å². The van der Waals surface area contributed by atoms with Crippen molar-refractivity contribution in [2.24, 2.45) is 0 Å². The molecule has 1 saturated heterocycles. The number of benzene rings is 2. The molecule has 4 heteroatoms. The van der Waals surface area contributed by atoms with Crippen molar-refractivity contribution < 1.29 is 9.59 Å². The van der Waals surface area contributed by atoms with Crippen molar-refractivity contribution >= 4 is 23.2 Å². The number of aryl methyl sites for hydroxylation is 1. The van der Waals surface area contributed by atoms with Crippen LogP contribution < -0.4 is 10.2 Å². The first-order valence-electron chi connectivity index (χ1n) is 9.58. The number of piperidine rings is 1. The largest absolute Gasteiger partial charge is 0.322 e. The molecule has 0 saturated carbocycles. The molecular formula is C23H28N2O2. The molecule has 0 bridgehead atoms. The summed E-state index contributed by atoms with van der Waals surface area (Å²) in [4.78, 5) is 26.6. The Morgan fingerprint density at radius 1 is 1.04 bits per heavy atom. The molecule has 0 spiro atoms. The topological polar surface area (TPSA) is 49.4 Å². The van der Waals surface area contributed by atoms with Crippen molar-refractivity contribution in [1.29, 1.82) is 0 Å². The third kappa shape index (κ3) is 4.38. The van der Waals surface area contributed by atoms with Crippen LogP contribution in [0.5, 0.6) is 0 Å². The molecule has 2 aromatic rings. The van der Waals surface area contributed by atoms with Crippen LogP contribution in [0, 0.1) is 6.92 Å². The van der Waals surface area contributed by atoms with Crippen LogP contribution in [0.25, 0.3) is 0 Å². The Labute approximate surface area is 161 Å². The van der Waals surface area contributed by atoms with Crippen LogP contribution in [0.4, 0.5) is 11.4 Å². The fraction of sp³-hybridized carbons (Fsp3) is 0.391. The molecule has 0 radical (unpaired) electrons. The minimum atomic E-state index is -0.128. The van der Waals surface area contributed by atoms with Gasteiger partial charge in [-0.2, -0.15) is 0 Å². The van der Waals surface area contributed by atoms with Gasteiger partial charge in [0, 0.05) is 29.9 Å². The van der Waals surface area contributed by atoms with Gasteiger partial charge >= 0.3 is 0 Å². The molecule has 1 N–H and O–H groups in total. The maximum Gasteiger partial charge on any atom is 0.255 e. The van der Waals surface area contributed by atoms with E-state index in [1.807, 2.05) is 54.3 Å². The van der Waals surface area contributed by atoms with Gasteiger partial charge in [-0.05, 0) is 66.6 Å². The van der Waals surface area contributed by atoms with E-state index >= 15 is 0 Å². The molecule has 27 heavy (non-hydrogen) atoms. The van der Waals surface area contributed by atoms with E-state index in [1.54, 1.807) is 0 Å². The minimum absolute atomic E-state index is 0.0633. The van der Waals surface area contributed by atoms with Crippen molar-refractivity contribution in [2.75, 3.05) is 16.8 Å². The molecular weight excluding hydrogens is 336 g/mol. The van der Waals surface area contributed by atoms with Gasteiger partial charge in [-0.1, -0.05) is 32.9 Å². The van der Waals surface area contributed by atoms with Crippen LogP contribution >= 0.6 is 0 Å². The molecule has 3 rings (SSSR count). The second kappa shape index (κ2) is 7.55. The first-order valence-corrected chi connectivity index (χ1v) is 9.58. The van der Waals surface area contributed by atoms with E-state index in [0.29, 0.717) is 12.0 Å². The van der Waals surface area contributed by atoms with Crippen LogP contribution in [0.1, 0.15) is 61.5 Å². The summed E-state index contributed by atoms with van der Waals surface area (Å²) in [5.41, 5.74) is 4.57. The Bertz CT molecular complexity index is 848. The van der Waals surface area contributed by atoms with Crippen LogP contribution in [0.3, 0.4) is 0 Å². The number of anilines is 2. The van der Waals surface area contributed by atoms with Gasteiger partial charge < -0.3 is 10.2 Å². The van der Waals surface area contributed by atoms with Crippen LogP contribution in [-0.4, -0.2) is 18.4 Å². The molecule has 4 nitrogen and oxygen atoms in total. The number of hydrogen-bond donors (Lipinski definition) is 1. The number of nitrogens with one attached hydrogen (secondary N) is 1. The van der Waals surface area contributed by atoms with E-state index in [9.17, 15) is 9.59 Å². The third-order valence-corrected chi connectivity index (χ3v) is 5.08. The predicted octanol–water partition coefficient (Wildman–Crippen LogP) is 5.06. The highest BCUT2D eigenvalue weighted by atomic mass is 16.2. The zero-order valence-corrected chi connectivity index (χ0v) is 16.6. The molecule has 1 fully saturated rings. The average molecular weight is 364 g/mol. The fourth-order valence-corrected chi connectivity index (χ4v) is 3.42. The highest BCUT2D eigenvalue weighted by molar-refractivity contribution is 6.04. The number of rotatable bonds is 3. The lowest BCUT2D eigenvalue weighted by Gasteiger charge is -2.28. The summed E-state index contributed by atoms with van der Waals surface area (Å²) in [5.74, 6) is 0.0525. The number of carbonyl (C=O) groups excluding carboxylic acids is 2. The summed E-state index contributed by atoms with van der Waals surface area (Å²) in [6.45, 7) is 9.20. The molecule has 2 aromatic carbocycles. The minimum Gasteiger partial charge on any atom is -0.322 e. The second-order valence-corrected chi connectivity index (χ2v) is 8.29. The highest BCUT2D eigenvalue weighted by Crippen LogP contribution is 2.27. The Morgan fingerprint density at radius 3 is 2.33 bits per heavy atom. The zero-order chi connectivity index (χ0) is 19.6. The third-order valence-electron chi connectivity index (χ3n) is 5.08. The average Bonchev–Trinajstić information content (AvgIpc) is 2.62. The van der Waals surface area contributed by atoms with Crippen LogP contribution in [0.2, 0.25) is 0 Å².